The van der Waals surface area contributed by atoms with E-state index in [2.05, 4.69) is 10.0 Å². The van der Waals surface area contributed by atoms with Crippen molar-refractivity contribution in [1.82, 2.24) is 0 Å². The third-order valence-electron chi connectivity index (χ3n) is 3.22. The fourth-order valence-electron chi connectivity index (χ4n) is 2.36. The van der Waals surface area contributed by atoms with Crippen LogP contribution in [0.25, 0.3) is 32.0 Å². The third kappa shape index (κ3) is 1.72. The molecule has 0 saturated heterocycles. The van der Waals surface area contributed by atoms with E-state index in [1.807, 2.05) is 30.3 Å². The molecule has 0 aliphatic heterocycles. The lowest BCUT2D eigenvalue weighted by atomic mass is 10.0. The van der Waals surface area contributed by atoms with Gasteiger partial charge in [-0.25, -0.2) is 0 Å². The molecule has 96 valence electrons. The minimum Gasteiger partial charge on any atom is -0.258 e. The highest BCUT2D eigenvalue weighted by Crippen LogP contribution is 2.38. The Labute approximate surface area is 113 Å². The first-order valence-electron chi connectivity index (χ1n) is 5.86. The molecule has 0 radical (unpaired) electrons. The van der Waals surface area contributed by atoms with E-state index in [1.165, 1.54) is 6.07 Å². The van der Waals surface area contributed by atoms with Gasteiger partial charge in [0.1, 0.15) is 5.69 Å². The van der Waals surface area contributed by atoms with Gasteiger partial charge in [0.05, 0.1) is 4.92 Å². The highest BCUT2D eigenvalue weighted by molar-refractivity contribution is 6.12. The van der Waals surface area contributed by atoms with Gasteiger partial charge in [-0.15, -0.1) is 0 Å². The monoisotopic (exact) mass is 264 g/mol. The zero-order valence-electron chi connectivity index (χ0n) is 10.2. The van der Waals surface area contributed by atoms with E-state index in [0.29, 0.717) is 5.39 Å². The van der Waals surface area contributed by atoms with E-state index in [4.69, 9.17) is 5.53 Å². The smallest absolute Gasteiger partial charge is 0.258 e. The lowest BCUT2D eigenvalue weighted by molar-refractivity contribution is -0.383. The molecule has 20 heavy (non-hydrogen) atoms. The molecule has 3 aromatic rings. The molecule has 0 atom stereocenters. The highest BCUT2D eigenvalue weighted by Gasteiger charge is 2.16. The van der Waals surface area contributed by atoms with Crippen LogP contribution in [0.15, 0.2) is 53.6 Å². The zero-order valence-corrected chi connectivity index (χ0v) is 10.2. The first-order chi connectivity index (χ1) is 9.72. The standard InChI is InChI=1S/C14H8N4O2/c15-17-16-14-12-6-5-9-3-1-2-4-10(9)11(12)7-8-13(14)18(19)20/h1-8H. The van der Waals surface area contributed by atoms with Crippen LogP contribution >= 0.6 is 0 Å². The van der Waals surface area contributed by atoms with E-state index >= 15 is 0 Å². The summed E-state index contributed by atoms with van der Waals surface area (Å²) >= 11 is 0. The van der Waals surface area contributed by atoms with E-state index < -0.39 is 4.92 Å². The van der Waals surface area contributed by atoms with Crippen molar-refractivity contribution in [2.75, 3.05) is 0 Å². The number of benzene rings is 3. The first-order valence-corrected chi connectivity index (χ1v) is 5.86. The summed E-state index contributed by atoms with van der Waals surface area (Å²) in [5, 5.41) is 17.9. The average molecular weight is 264 g/mol. The lowest BCUT2D eigenvalue weighted by Crippen LogP contribution is -1.89. The van der Waals surface area contributed by atoms with Crippen molar-refractivity contribution in [1.29, 1.82) is 0 Å². The van der Waals surface area contributed by atoms with Crippen LogP contribution in [0.5, 0.6) is 0 Å². The van der Waals surface area contributed by atoms with Crippen LogP contribution < -0.4 is 0 Å². The molecule has 6 nitrogen and oxygen atoms in total. The number of hydrogen-bond acceptors (Lipinski definition) is 3. The second-order valence-corrected chi connectivity index (χ2v) is 4.26. The van der Waals surface area contributed by atoms with Gasteiger partial charge in [0.15, 0.2) is 0 Å². The third-order valence-corrected chi connectivity index (χ3v) is 3.22. The highest BCUT2D eigenvalue weighted by atomic mass is 16.6. The van der Waals surface area contributed by atoms with Gasteiger partial charge in [0.25, 0.3) is 5.69 Å². The van der Waals surface area contributed by atoms with Gasteiger partial charge >= 0.3 is 0 Å². The minimum absolute atomic E-state index is 0.0563. The molecule has 0 aliphatic rings. The molecule has 0 fully saturated rings. The predicted octanol–water partition coefficient (Wildman–Crippen LogP) is 4.84. The van der Waals surface area contributed by atoms with Gasteiger partial charge in [-0.3, -0.25) is 10.1 Å². The maximum atomic E-state index is 11.0. The summed E-state index contributed by atoms with van der Waals surface area (Å²) in [6, 6.07) is 14.4. The van der Waals surface area contributed by atoms with Gasteiger partial charge < -0.3 is 0 Å². The lowest BCUT2D eigenvalue weighted by Gasteiger charge is -2.06. The summed E-state index contributed by atoms with van der Waals surface area (Å²) in [5.41, 5.74) is 8.50. The molecule has 0 spiro atoms. The second kappa shape index (κ2) is 4.53. The summed E-state index contributed by atoms with van der Waals surface area (Å²) in [6.07, 6.45) is 0. The van der Waals surface area contributed by atoms with Crippen LogP contribution in [0.3, 0.4) is 0 Å². The SMILES string of the molecule is [N-]=[N+]=Nc1c([N+](=O)[O-])ccc2c1ccc1ccccc12. The normalized spacial score (nSPS) is 10.4. The molecular formula is C14H8N4O2. The minimum atomic E-state index is -0.543. The summed E-state index contributed by atoms with van der Waals surface area (Å²) in [7, 11) is 0. The fourth-order valence-corrected chi connectivity index (χ4v) is 2.36. The number of hydrogen-bond donors (Lipinski definition) is 0. The summed E-state index contributed by atoms with van der Waals surface area (Å²) in [6.45, 7) is 0. The van der Waals surface area contributed by atoms with Crippen molar-refractivity contribution in [3.8, 4) is 0 Å². The van der Waals surface area contributed by atoms with Crippen LogP contribution in [-0.2, 0) is 0 Å². The van der Waals surface area contributed by atoms with E-state index in [0.717, 1.165) is 16.2 Å². The molecule has 3 rings (SSSR count). The molecule has 0 aliphatic carbocycles. The van der Waals surface area contributed by atoms with Crippen LogP contribution in [0, 0.1) is 10.1 Å². The van der Waals surface area contributed by atoms with Crippen molar-refractivity contribution < 1.29 is 4.92 Å². The van der Waals surface area contributed by atoms with Crippen molar-refractivity contribution >= 4 is 32.9 Å². The van der Waals surface area contributed by atoms with Gasteiger partial charge in [0, 0.05) is 11.0 Å². The molecule has 0 N–H and O–H groups in total. The Morgan fingerprint density at radius 3 is 2.50 bits per heavy atom. The molecular weight excluding hydrogens is 256 g/mol. The average Bonchev–Trinajstić information content (AvgIpc) is 2.47. The fraction of sp³-hybridized carbons (Fsp3) is 0. The van der Waals surface area contributed by atoms with Crippen LogP contribution in [0.2, 0.25) is 0 Å². The molecule has 0 aromatic heterocycles. The van der Waals surface area contributed by atoms with Gasteiger partial charge in [-0.1, -0.05) is 41.5 Å². The molecule has 3 aromatic carbocycles. The van der Waals surface area contributed by atoms with Crippen LogP contribution in [0.4, 0.5) is 11.4 Å². The molecule has 6 heteroatoms. The van der Waals surface area contributed by atoms with Crippen molar-refractivity contribution in [2.45, 2.75) is 0 Å². The molecule has 0 amide bonds. The van der Waals surface area contributed by atoms with Crippen LogP contribution in [-0.4, -0.2) is 4.92 Å². The predicted molar refractivity (Wildman–Crippen MR) is 76.9 cm³/mol. The largest absolute Gasteiger partial charge is 0.279 e. The summed E-state index contributed by atoms with van der Waals surface area (Å²) in [4.78, 5) is 13.2. The Bertz CT molecular complexity index is 898. The maximum Gasteiger partial charge on any atom is 0.279 e. The molecule has 0 unspecified atom stereocenters. The Kier molecular flexibility index (Phi) is 2.71. The number of nitro benzene ring substituents is 1. The number of rotatable bonds is 2. The van der Waals surface area contributed by atoms with E-state index in [1.54, 1.807) is 12.1 Å². The number of nitro groups is 1. The zero-order chi connectivity index (χ0) is 14.1. The number of azide groups is 1. The summed E-state index contributed by atoms with van der Waals surface area (Å²) in [5.74, 6) is 0. The Morgan fingerprint density at radius 2 is 1.75 bits per heavy atom. The quantitative estimate of drug-likeness (QED) is 0.165. The Morgan fingerprint density at radius 1 is 1.00 bits per heavy atom. The Balaban J connectivity index is 2.52. The molecule has 0 saturated carbocycles. The summed E-state index contributed by atoms with van der Waals surface area (Å²) < 4.78 is 0. The van der Waals surface area contributed by atoms with Crippen molar-refractivity contribution in [2.24, 2.45) is 5.11 Å². The Hall–Kier alpha value is -3.11. The topological polar surface area (TPSA) is 91.9 Å². The van der Waals surface area contributed by atoms with E-state index in [9.17, 15) is 10.1 Å². The second-order valence-electron chi connectivity index (χ2n) is 4.26. The molecule has 0 heterocycles. The van der Waals surface area contributed by atoms with Crippen molar-refractivity contribution in [3.63, 3.8) is 0 Å². The van der Waals surface area contributed by atoms with Crippen molar-refractivity contribution in [3.05, 3.63) is 69.1 Å². The maximum absolute atomic E-state index is 11.0. The van der Waals surface area contributed by atoms with E-state index in [-0.39, 0.29) is 11.4 Å². The molecule has 0 bridgehead atoms. The van der Waals surface area contributed by atoms with Gasteiger partial charge in [-0.05, 0) is 33.1 Å². The first kappa shape index (κ1) is 12.0. The van der Waals surface area contributed by atoms with Crippen LogP contribution in [0.1, 0.15) is 0 Å². The van der Waals surface area contributed by atoms with Gasteiger partial charge in [0.2, 0.25) is 0 Å². The number of fused-ring (bicyclic) bond motifs is 3. The van der Waals surface area contributed by atoms with Gasteiger partial charge in [-0.2, -0.15) is 0 Å². The number of nitrogens with zero attached hydrogens (tertiary/aromatic N) is 4.